The van der Waals surface area contributed by atoms with Crippen LogP contribution in [0.2, 0.25) is 0 Å². The third-order valence-corrected chi connectivity index (χ3v) is 2.63. The van der Waals surface area contributed by atoms with Crippen molar-refractivity contribution >= 4 is 17.0 Å². The first kappa shape index (κ1) is 12.3. The first-order valence-corrected chi connectivity index (χ1v) is 5.45. The van der Waals surface area contributed by atoms with Gasteiger partial charge < -0.3 is 10.7 Å². The minimum Gasteiger partial charge on any atom is -0.382 e. The second-order valence-electron chi connectivity index (χ2n) is 3.96. The summed E-state index contributed by atoms with van der Waals surface area (Å²) in [5.74, 6) is 0.339. The van der Waals surface area contributed by atoms with Crippen LogP contribution in [0.4, 0.5) is 19.0 Å². The van der Waals surface area contributed by atoms with E-state index >= 15 is 0 Å². The number of hydrogen-bond donors (Lipinski definition) is 2. The number of fused-ring (bicyclic) bond motifs is 1. The number of imidazole rings is 1. The minimum absolute atomic E-state index is 0.169. The van der Waals surface area contributed by atoms with Gasteiger partial charge in [-0.15, -0.1) is 0 Å². The van der Waals surface area contributed by atoms with E-state index in [1.807, 2.05) is 0 Å². The van der Waals surface area contributed by atoms with Crippen LogP contribution in [0.1, 0.15) is 5.69 Å². The van der Waals surface area contributed by atoms with E-state index in [4.69, 9.17) is 5.73 Å². The Morgan fingerprint density at radius 1 is 1.10 bits per heavy atom. The van der Waals surface area contributed by atoms with E-state index in [0.717, 1.165) is 12.3 Å². The predicted molar refractivity (Wildman–Crippen MR) is 64.3 cm³/mol. The van der Waals surface area contributed by atoms with Crippen LogP contribution < -0.4 is 5.73 Å². The minimum atomic E-state index is -4.48. The highest BCUT2D eigenvalue weighted by Gasteiger charge is 2.32. The van der Waals surface area contributed by atoms with Gasteiger partial charge in [0, 0.05) is 11.8 Å². The maximum Gasteiger partial charge on any atom is 0.433 e. The van der Waals surface area contributed by atoms with Gasteiger partial charge in [0.15, 0.2) is 17.3 Å². The fourth-order valence-electron chi connectivity index (χ4n) is 1.68. The Balaban J connectivity index is 2.06. The Kier molecular flexibility index (Phi) is 2.56. The molecule has 0 atom stereocenters. The molecular formula is C11H7F3N6. The molecule has 0 aliphatic rings. The van der Waals surface area contributed by atoms with Crippen molar-refractivity contribution < 1.29 is 13.2 Å². The second kappa shape index (κ2) is 4.15. The summed E-state index contributed by atoms with van der Waals surface area (Å²) in [7, 11) is 0. The Bertz CT molecular complexity index is 762. The van der Waals surface area contributed by atoms with E-state index < -0.39 is 11.9 Å². The highest BCUT2D eigenvalue weighted by atomic mass is 19.4. The zero-order chi connectivity index (χ0) is 14.3. The molecule has 0 bridgehead atoms. The van der Waals surface area contributed by atoms with Crippen molar-refractivity contribution in [2.75, 3.05) is 5.73 Å². The van der Waals surface area contributed by atoms with Gasteiger partial charge in [0.05, 0.1) is 6.33 Å². The molecule has 9 heteroatoms. The number of pyridine rings is 1. The topological polar surface area (TPSA) is 93.4 Å². The number of halogens is 3. The molecule has 3 rings (SSSR count). The van der Waals surface area contributed by atoms with Gasteiger partial charge in [0.2, 0.25) is 0 Å². The molecule has 0 saturated heterocycles. The lowest BCUT2D eigenvalue weighted by molar-refractivity contribution is -0.141. The highest BCUT2D eigenvalue weighted by molar-refractivity contribution is 5.83. The number of alkyl halides is 3. The number of H-pyrrole nitrogens is 1. The standard InChI is InChI=1S/C11H7F3N6/c12-11(13,14)6-2-1-5(3-16-6)9-19-8(15)7-10(20-9)18-4-17-7/h1-4H,(H3,15,17,18,19,20). The van der Waals surface area contributed by atoms with E-state index in [9.17, 15) is 13.2 Å². The monoisotopic (exact) mass is 280 g/mol. The van der Waals surface area contributed by atoms with E-state index in [0.29, 0.717) is 16.7 Å². The number of rotatable bonds is 1. The fraction of sp³-hybridized carbons (Fsp3) is 0.0909. The summed E-state index contributed by atoms with van der Waals surface area (Å²) in [6.45, 7) is 0. The van der Waals surface area contributed by atoms with Crippen LogP contribution >= 0.6 is 0 Å². The zero-order valence-electron chi connectivity index (χ0n) is 9.81. The number of nitrogens with zero attached hydrogens (tertiary/aromatic N) is 4. The molecule has 0 aliphatic carbocycles. The van der Waals surface area contributed by atoms with Crippen molar-refractivity contribution in [1.82, 2.24) is 24.9 Å². The van der Waals surface area contributed by atoms with Gasteiger partial charge in [-0.05, 0) is 12.1 Å². The van der Waals surface area contributed by atoms with Gasteiger partial charge in [0.1, 0.15) is 11.2 Å². The molecule has 0 amide bonds. The number of aromatic nitrogens is 5. The largest absolute Gasteiger partial charge is 0.433 e. The second-order valence-corrected chi connectivity index (χ2v) is 3.96. The SMILES string of the molecule is Nc1nc(-c2ccc(C(F)(F)F)nc2)nc2nc[nH]c12. The molecule has 3 aromatic rings. The maximum absolute atomic E-state index is 12.4. The molecule has 3 heterocycles. The van der Waals surface area contributed by atoms with Gasteiger partial charge in [-0.1, -0.05) is 0 Å². The van der Waals surface area contributed by atoms with E-state index in [-0.39, 0.29) is 11.6 Å². The van der Waals surface area contributed by atoms with Gasteiger partial charge in [-0.3, -0.25) is 4.98 Å². The molecule has 20 heavy (non-hydrogen) atoms. The summed E-state index contributed by atoms with van der Waals surface area (Å²) in [5, 5.41) is 0. The molecule has 0 saturated carbocycles. The first-order chi connectivity index (χ1) is 9.45. The summed E-state index contributed by atoms with van der Waals surface area (Å²) in [6, 6.07) is 2.10. The fourth-order valence-corrected chi connectivity index (χ4v) is 1.68. The van der Waals surface area contributed by atoms with E-state index in [1.165, 1.54) is 12.4 Å². The van der Waals surface area contributed by atoms with Crippen molar-refractivity contribution in [1.29, 1.82) is 0 Å². The molecular weight excluding hydrogens is 273 g/mol. The molecule has 0 unspecified atom stereocenters. The summed E-state index contributed by atoms with van der Waals surface area (Å²) in [4.78, 5) is 18.2. The van der Waals surface area contributed by atoms with Crippen LogP contribution in [0.3, 0.4) is 0 Å². The Labute approximate surface area is 109 Å². The number of anilines is 1. The molecule has 0 fully saturated rings. The summed E-state index contributed by atoms with van der Waals surface area (Å²) in [5.41, 5.74) is 5.89. The number of aromatic amines is 1. The molecule has 3 N–H and O–H groups in total. The van der Waals surface area contributed by atoms with Crippen LogP contribution in [0, 0.1) is 0 Å². The number of nitrogen functional groups attached to an aromatic ring is 1. The Morgan fingerprint density at radius 3 is 2.55 bits per heavy atom. The molecule has 0 aromatic carbocycles. The van der Waals surface area contributed by atoms with Crippen molar-refractivity contribution in [3.8, 4) is 11.4 Å². The smallest absolute Gasteiger partial charge is 0.382 e. The average Bonchev–Trinajstić information content (AvgIpc) is 2.86. The lowest BCUT2D eigenvalue weighted by Gasteiger charge is -2.06. The summed E-state index contributed by atoms with van der Waals surface area (Å²) < 4.78 is 37.3. The number of nitrogens with two attached hydrogens (primary N) is 1. The van der Waals surface area contributed by atoms with Gasteiger partial charge in [-0.25, -0.2) is 15.0 Å². The molecule has 0 spiro atoms. The average molecular weight is 280 g/mol. The molecule has 102 valence electrons. The number of nitrogens with one attached hydrogen (secondary N) is 1. The van der Waals surface area contributed by atoms with Crippen molar-refractivity contribution in [3.63, 3.8) is 0 Å². The molecule has 0 radical (unpaired) electrons. The lowest BCUT2D eigenvalue weighted by atomic mass is 10.2. The molecule has 6 nitrogen and oxygen atoms in total. The van der Waals surface area contributed by atoms with Crippen LogP contribution in [0.15, 0.2) is 24.7 Å². The van der Waals surface area contributed by atoms with E-state index in [1.54, 1.807) is 0 Å². The lowest BCUT2D eigenvalue weighted by Crippen LogP contribution is -2.07. The predicted octanol–water partition coefficient (Wildman–Crippen LogP) is 2.02. The zero-order valence-corrected chi connectivity index (χ0v) is 9.81. The van der Waals surface area contributed by atoms with Crippen molar-refractivity contribution in [3.05, 3.63) is 30.4 Å². The first-order valence-electron chi connectivity index (χ1n) is 5.45. The molecule has 3 aromatic heterocycles. The molecule has 0 aliphatic heterocycles. The van der Waals surface area contributed by atoms with Crippen LogP contribution in [-0.2, 0) is 6.18 Å². The van der Waals surface area contributed by atoms with Gasteiger partial charge in [0.25, 0.3) is 0 Å². The quantitative estimate of drug-likeness (QED) is 0.711. The van der Waals surface area contributed by atoms with Gasteiger partial charge in [-0.2, -0.15) is 13.2 Å². The van der Waals surface area contributed by atoms with Crippen LogP contribution in [-0.4, -0.2) is 24.9 Å². The van der Waals surface area contributed by atoms with E-state index in [2.05, 4.69) is 24.9 Å². The van der Waals surface area contributed by atoms with Crippen molar-refractivity contribution in [2.45, 2.75) is 6.18 Å². The normalized spacial score (nSPS) is 11.9. The summed E-state index contributed by atoms with van der Waals surface area (Å²) >= 11 is 0. The third-order valence-electron chi connectivity index (χ3n) is 2.63. The Hall–Kier alpha value is -2.71. The third kappa shape index (κ3) is 2.02. The van der Waals surface area contributed by atoms with Crippen LogP contribution in [0.5, 0.6) is 0 Å². The van der Waals surface area contributed by atoms with Gasteiger partial charge >= 0.3 is 6.18 Å². The highest BCUT2D eigenvalue weighted by Crippen LogP contribution is 2.28. The maximum atomic E-state index is 12.4. The van der Waals surface area contributed by atoms with Crippen LogP contribution in [0.25, 0.3) is 22.6 Å². The summed E-state index contributed by atoms with van der Waals surface area (Å²) in [6.07, 6.45) is -2.02. The number of hydrogen-bond acceptors (Lipinski definition) is 5. The van der Waals surface area contributed by atoms with Crippen molar-refractivity contribution in [2.24, 2.45) is 0 Å². The Morgan fingerprint density at radius 2 is 1.90 bits per heavy atom.